The molecular weight excluding hydrogens is 200 g/mol. The number of carbonyl (C=O) groups is 1. The van der Waals surface area contributed by atoms with Crippen LogP contribution in [0.15, 0.2) is 30.5 Å². The van der Waals surface area contributed by atoms with E-state index < -0.39 is 0 Å². The maximum absolute atomic E-state index is 11.7. The number of amides is 1. The van der Waals surface area contributed by atoms with Crippen LogP contribution in [0.5, 0.6) is 0 Å². The second-order valence-corrected chi connectivity index (χ2v) is 3.60. The molecule has 0 saturated heterocycles. The normalized spacial score (nSPS) is 10.4. The fraction of sp³-hybridized carbons (Fsp3) is 0.231. The summed E-state index contributed by atoms with van der Waals surface area (Å²) < 4.78 is 0. The molecule has 1 amide bonds. The minimum absolute atomic E-state index is 0.0688. The number of rotatable bonds is 2. The average Bonchev–Trinajstić information content (AvgIpc) is 2.36. The van der Waals surface area contributed by atoms with Crippen molar-refractivity contribution in [3.05, 3.63) is 41.6 Å². The van der Waals surface area contributed by atoms with Gasteiger partial charge >= 0.3 is 0 Å². The van der Waals surface area contributed by atoms with Gasteiger partial charge in [-0.3, -0.25) is 9.78 Å². The van der Waals surface area contributed by atoms with E-state index in [1.807, 2.05) is 18.2 Å². The van der Waals surface area contributed by atoms with Gasteiger partial charge in [-0.05, 0) is 18.1 Å². The quantitative estimate of drug-likeness (QED) is 0.832. The van der Waals surface area contributed by atoms with Crippen molar-refractivity contribution in [3.8, 4) is 0 Å². The number of aryl methyl sites for hydroxylation is 1. The van der Waals surface area contributed by atoms with Crippen LogP contribution in [0.25, 0.3) is 10.9 Å². The zero-order chi connectivity index (χ0) is 11.5. The van der Waals surface area contributed by atoms with Gasteiger partial charge in [-0.25, -0.2) is 0 Å². The zero-order valence-corrected chi connectivity index (χ0v) is 9.45. The predicted octanol–water partition coefficient (Wildman–Crippen LogP) is 2.16. The van der Waals surface area contributed by atoms with Gasteiger partial charge in [0.15, 0.2) is 0 Å². The molecule has 16 heavy (non-hydrogen) atoms. The van der Waals surface area contributed by atoms with Gasteiger partial charge in [-0.2, -0.15) is 0 Å². The molecule has 0 fully saturated rings. The summed E-state index contributed by atoms with van der Waals surface area (Å²) in [6.45, 7) is 2.09. The maximum Gasteiger partial charge on any atom is 0.251 e. The summed E-state index contributed by atoms with van der Waals surface area (Å²) in [6.07, 6.45) is 2.60. The lowest BCUT2D eigenvalue weighted by atomic mass is 10.0. The van der Waals surface area contributed by atoms with Crippen molar-refractivity contribution in [2.45, 2.75) is 13.3 Å². The second-order valence-electron chi connectivity index (χ2n) is 3.60. The fourth-order valence-corrected chi connectivity index (χ4v) is 1.86. The predicted molar refractivity (Wildman–Crippen MR) is 64.5 cm³/mol. The van der Waals surface area contributed by atoms with Crippen molar-refractivity contribution in [1.82, 2.24) is 10.3 Å². The molecule has 0 aliphatic rings. The number of hydrogen-bond donors (Lipinski definition) is 1. The molecule has 0 aliphatic carbocycles. The number of carbonyl (C=O) groups excluding carboxylic acids is 1. The summed E-state index contributed by atoms with van der Waals surface area (Å²) in [5, 5.41) is 3.56. The Morgan fingerprint density at radius 3 is 2.88 bits per heavy atom. The molecule has 0 aliphatic heterocycles. The van der Waals surface area contributed by atoms with Crippen molar-refractivity contribution in [2.24, 2.45) is 0 Å². The average molecular weight is 214 g/mol. The van der Waals surface area contributed by atoms with Crippen LogP contribution < -0.4 is 5.32 Å². The lowest BCUT2D eigenvalue weighted by Crippen LogP contribution is -2.18. The topological polar surface area (TPSA) is 42.0 Å². The van der Waals surface area contributed by atoms with Crippen LogP contribution in [0.3, 0.4) is 0 Å². The Morgan fingerprint density at radius 2 is 2.19 bits per heavy atom. The first-order valence-electron chi connectivity index (χ1n) is 5.36. The van der Waals surface area contributed by atoms with E-state index in [0.717, 1.165) is 17.3 Å². The molecule has 1 aromatic carbocycles. The molecule has 0 bridgehead atoms. The largest absolute Gasteiger partial charge is 0.355 e. The van der Waals surface area contributed by atoms with Crippen molar-refractivity contribution >= 4 is 16.8 Å². The highest BCUT2D eigenvalue weighted by Gasteiger charge is 2.09. The molecule has 0 spiro atoms. The summed E-state index contributed by atoms with van der Waals surface area (Å²) in [5.74, 6) is -0.0688. The van der Waals surface area contributed by atoms with E-state index in [1.165, 1.54) is 5.56 Å². The van der Waals surface area contributed by atoms with Gasteiger partial charge in [0.1, 0.15) is 0 Å². The molecule has 82 valence electrons. The summed E-state index contributed by atoms with van der Waals surface area (Å²) in [7, 11) is 1.64. The van der Waals surface area contributed by atoms with Gasteiger partial charge < -0.3 is 5.32 Å². The number of pyridine rings is 1. The van der Waals surface area contributed by atoms with Crippen molar-refractivity contribution in [1.29, 1.82) is 0 Å². The molecule has 1 aromatic heterocycles. The monoisotopic (exact) mass is 214 g/mol. The first kappa shape index (κ1) is 10.6. The van der Waals surface area contributed by atoms with Crippen LogP contribution in [0.4, 0.5) is 0 Å². The van der Waals surface area contributed by atoms with E-state index >= 15 is 0 Å². The molecule has 2 aromatic rings. The molecule has 3 heteroatoms. The first-order chi connectivity index (χ1) is 7.77. The molecule has 0 saturated carbocycles. The Balaban J connectivity index is 2.73. The highest BCUT2D eigenvalue weighted by molar-refractivity contribution is 6.06. The van der Waals surface area contributed by atoms with Crippen LogP contribution >= 0.6 is 0 Å². The summed E-state index contributed by atoms with van der Waals surface area (Å²) >= 11 is 0. The molecule has 1 heterocycles. The van der Waals surface area contributed by atoms with E-state index in [9.17, 15) is 4.79 Å². The third-order valence-corrected chi connectivity index (χ3v) is 2.71. The number of fused-ring (bicyclic) bond motifs is 1. The van der Waals surface area contributed by atoms with E-state index in [4.69, 9.17) is 0 Å². The molecule has 0 atom stereocenters. The summed E-state index contributed by atoms with van der Waals surface area (Å²) in [6, 6.07) is 7.70. The lowest BCUT2D eigenvalue weighted by Gasteiger charge is -2.07. The standard InChI is InChI=1S/C13H14N2O/c1-3-9-5-4-6-10-11(13(16)14-2)7-8-15-12(9)10/h4-8H,3H2,1-2H3,(H,14,16). The number of nitrogens with one attached hydrogen (secondary N) is 1. The van der Waals surface area contributed by atoms with E-state index in [1.54, 1.807) is 19.3 Å². The Labute approximate surface area is 94.5 Å². The van der Waals surface area contributed by atoms with Gasteiger partial charge in [-0.1, -0.05) is 25.1 Å². The number of aromatic nitrogens is 1. The fourth-order valence-electron chi connectivity index (χ4n) is 1.86. The van der Waals surface area contributed by atoms with Gasteiger partial charge in [0.2, 0.25) is 0 Å². The van der Waals surface area contributed by atoms with Crippen LogP contribution in [-0.2, 0) is 6.42 Å². The highest BCUT2D eigenvalue weighted by atomic mass is 16.1. The molecule has 1 N–H and O–H groups in total. The Bertz CT molecular complexity index is 534. The summed E-state index contributed by atoms with van der Waals surface area (Å²) in [4.78, 5) is 16.0. The highest BCUT2D eigenvalue weighted by Crippen LogP contribution is 2.20. The van der Waals surface area contributed by atoms with Crippen molar-refractivity contribution in [2.75, 3.05) is 7.05 Å². The molecular formula is C13H14N2O. The molecule has 0 unspecified atom stereocenters. The minimum Gasteiger partial charge on any atom is -0.355 e. The van der Waals surface area contributed by atoms with Crippen LogP contribution in [0, 0.1) is 0 Å². The SMILES string of the molecule is CCc1cccc2c(C(=O)NC)ccnc12. The van der Waals surface area contributed by atoms with Crippen LogP contribution in [-0.4, -0.2) is 17.9 Å². The van der Waals surface area contributed by atoms with E-state index in [-0.39, 0.29) is 5.91 Å². The number of nitrogens with zero attached hydrogens (tertiary/aromatic N) is 1. The lowest BCUT2D eigenvalue weighted by molar-refractivity contribution is 0.0964. The second kappa shape index (κ2) is 4.31. The van der Waals surface area contributed by atoms with Gasteiger partial charge in [-0.15, -0.1) is 0 Å². The molecule has 0 radical (unpaired) electrons. The zero-order valence-electron chi connectivity index (χ0n) is 9.45. The third-order valence-electron chi connectivity index (χ3n) is 2.71. The van der Waals surface area contributed by atoms with Gasteiger partial charge in [0.25, 0.3) is 5.91 Å². The summed E-state index contributed by atoms with van der Waals surface area (Å²) in [5.41, 5.74) is 2.78. The Hall–Kier alpha value is -1.90. The minimum atomic E-state index is -0.0688. The van der Waals surface area contributed by atoms with Crippen LogP contribution in [0.2, 0.25) is 0 Å². The number of hydrogen-bond acceptors (Lipinski definition) is 2. The Kier molecular flexibility index (Phi) is 2.86. The smallest absolute Gasteiger partial charge is 0.251 e. The van der Waals surface area contributed by atoms with E-state index in [2.05, 4.69) is 17.2 Å². The van der Waals surface area contributed by atoms with E-state index in [0.29, 0.717) is 5.56 Å². The van der Waals surface area contributed by atoms with Crippen molar-refractivity contribution in [3.63, 3.8) is 0 Å². The number of benzene rings is 1. The maximum atomic E-state index is 11.7. The third kappa shape index (κ3) is 1.65. The van der Waals surface area contributed by atoms with Gasteiger partial charge in [0.05, 0.1) is 11.1 Å². The first-order valence-corrected chi connectivity index (χ1v) is 5.36. The molecule has 3 nitrogen and oxygen atoms in total. The Morgan fingerprint density at radius 1 is 1.38 bits per heavy atom. The number of para-hydroxylation sites is 1. The van der Waals surface area contributed by atoms with Crippen molar-refractivity contribution < 1.29 is 4.79 Å². The van der Waals surface area contributed by atoms with Gasteiger partial charge in [0, 0.05) is 18.6 Å². The molecule has 2 rings (SSSR count). The van der Waals surface area contributed by atoms with Crippen LogP contribution in [0.1, 0.15) is 22.8 Å².